The van der Waals surface area contributed by atoms with E-state index in [2.05, 4.69) is 103 Å². The second kappa shape index (κ2) is 45.3. The number of aliphatic hydroxyl groups is 4. The second-order valence-electron chi connectivity index (χ2n) is 25.2. The van der Waals surface area contributed by atoms with Crippen LogP contribution in [0.1, 0.15) is 223 Å². The van der Waals surface area contributed by atoms with E-state index in [1.807, 2.05) is 0 Å². The van der Waals surface area contributed by atoms with Crippen LogP contribution in [0, 0.1) is 0 Å². The minimum atomic E-state index is -0.620. The number of hydrogen-bond acceptors (Lipinski definition) is 16. The fourth-order valence-electron chi connectivity index (χ4n) is 12.0. The number of carbonyl (C=O) groups is 4. The van der Waals surface area contributed by atoms with Gasteiger partial charge in [0.1, 0.15) is 75.9 Å². The normalized spacial score (nSPS) is 11.8. The van der Waals surface area contributed by atoms with Gasteiger partial charge in [0.2, 0.25) is 0 Å². The van der Waals surface area contributed by atoms with E-state index in [-0.39, 0.29) is 127 Å². The lowest BCUT2D eigenvalue weighted by Crippen LogP contribution is -2.17. The minimum absolute atomic E-state index is 0.0131. The number of fused-ring (bicyclic) bond motifs is 8. The first kappa shape index (κ1) is 79.4. The summed E-state index contributed by atoms with van der Waals surface area (Å²) in [6, 6.07) is 17.8. The van der Waals surface area contributed by atoms with Crippen LogP contribution in [0.25, 0.3) is 0 Å². The fourth-order valence-corrected chi connectivity index (χ4v) is 12.0. The molecule has 4 aromatic carbocycles. The maximum absolute atomic E-state index is 13.1. The van der Waals surface area contributed by atoms with Crippen molar-refractivity contribution in [3.05, 3.63) is 164 Å². The number of carbonyl (C=O) groups excluding carboxylic acids is 4. The van der Waals surface area contributed by atoms with E-state index in [9.17, 15) is 39.6 Å². The van der Waals surface area contributed by atoms with Gasteiger partial charge in [-0.1, -0.05) is 180 Å². The lowest BCUT2D eigenvalue weighted by molar-refractivity contribution is -0.140. The van der Waals surface area contributed by atoms with Gasteiger partial charge in [0.25, 0.3) is 0 Å². The molecule has 0 atom stereocenters. The van der Waals surface area contributed by atoms with Crippen LogP contribution in [0.15, 0.2) is 97.1 Å². The quantitative estimate of drug-likeness (QED) is 0.0123. The third-order valence-corrected chi connectivity index (χ3v) is 17.1. The highest BCUT2D eigenvalue weighted by molar-refractivity contribution is 5.89. The number of aryl methyl sites for hydroxylation is 4. The molecule has 0 saturated carbocycles. The van der Waals surface area contributed by atoms with Crippen LogP contribution in [-0.4, -0.2) is 124 Å². The van der Waals surface area contributed by atoms with E-state index in [4.69, 9.17) is 37.9 Å². The molecule has 0 aliphatic heterocycles. The Labute approximate surface area is 572 Å². The SMILES string of the molecule is C=C(CCO)C(=O)OCCOc1c2cc(CCCCCC)cc1Cc1cc(CCCCCC)cc(c1OCCOC(=O)C(=C)CCO)Cc1cc(CCCCCC)cc(c1OCCOC(=O)C(=C)CCO)Cc1cc(CCCCCC)cc(c1OCCOC(=O)C(=C)CCO)C2. The Morgan fingerprint density at radius 2 is 0.490 bits per heavy atom. The van der Waals surface area contributed by atoms with E-state index < -0.39 is 23.9 Å². The number of hydrogen-bond donors (Lipinski definition) is 4. The molecule has 0 saturated heterocycles. The van der Waals surface area contributed by atoms with Gasteiger partial charge >= 0.3 is 23.9 Å². The maximum Gasteiger partial charge on any atom is 0.333 e. The molecule has 528 valence electrons. The van der Waals surface area contributed by atoms with Crippen LogP contribution in [0.3, 0.4) is 0 Å². The summed E-state index contributed by atoms with van der Waals surface area (Å²) in [6.45, 7) is 22.7. The third kappa shape index (κ3) is 27.3. The van der Waals surface area contributed by atoms with Gasteiger partial charge in [-0.05, 0) is 118 Å². The first-order chi connectivity index (χ1) is 46.6. The Morgan fingerprint density at radius 1 is 0.302 bits per heavy atom. The molecule has 1 aliphatic rings. The number of benzene rings is 4. The van der Waals surface area contributed by atoms with Crippen molar-refractivity contribution in [2.75, 3.05) is 79.3 Å². The van der Waals surface area contributed by atoms with Crippen molar-refractivity contribution in [2.45, 2.75) is 207 Å². The van der Waals surface area contributed by atoms with Crippen LogP contribution in [0.5, 0.6) is 23.0 Å². The number of aliphatic hydroxyl groups excluding tert-OH is 4. The molecule has 8 bridgehead atoms. The zero-order valence-corrected chi connectivity index (χ0v) is 58.4. The van der Waals surface area contributed by atoms with E-state index in [1.165, 1.54) is 0 Å². The highest BCUT2D eigenvalue weighted by Crippen LogP contribution is 2.42. The molecule has 16 heteroatoms. The molecule has 0 heterocycles. The van der Waals surface area contributed by atoms with E-state index in [1.54, 1.807) is 0 Å². The van der Waals surface area contributed by atoms with E-state index in [0.717, 1.165) is 195 Å². The summed E-state index contributed by atoms with van der Waals surface area (Å²) in [5, 5.41) is 38.5. The Kier molecular flexibility index (Phi) is 37.5. The Morgan fingerprint density at radius 3 is 0.656 bits per heavy atom. The van der Waals surface area contributed by atoms with Gasteiger partial charge in [-0.15, -0.1) is 0 Å². The van der Waals surface area contributed by atoms with Gasteiger partial charge in [0, 0.05) is 100 Å². The van der Waals surface area contributed by atoms with Crippen molar-refractivity contribution < 1.29 is 77.5 Å². The van der Waals surface area contributed by atoms with Gasteiger partial charge in [0.15, 0.2) is 0 Å². The molecule has 4 aromatic rings. The van der Waals surface area contributed by atoms with Crippen LogP contribution < -0.4 is 18.9 Å². The summed E-state index contributed by atoms with van der Waals surface area (Å²) in [5.74, 6) is -0.0626. The molecular formula is C80H112O16. The maximum atomic E-state index is 13.1. The third-order valence-electron chi connectivity index (χ3n) is 17.1. The second-order valence-corrected chi connectivity index (χ2v) is 25.2. The van der Waals surface area contributed by atoms with Crippen molar-refractivity contribution in [1.29, 1.82) is 0 Å². The average Bonchev–Trinajstić information content (AvgIpc) is 0.784. The number of rotatable bonds is 48. The Hall–Kier alpha value is -7.24. The molecule has 0 spiro atoms. The van der Waals surface area contributed by atoms with Crippen molar-refractivity contribution in [3.8, 4) is 23.0 Å². The fraction of sp³-hybridized carbons (Fsp3) is 0.550. The van der Waals surface area contributed by atoms with E-state index in [0.29, 0.717) is 48.7 Å². The minimum Gasteiger partial charge on any atom is -0.489 e. The van der Waals surface area contributed by atoms with Crippen LogP contribution in [-0.2, 0) is 89.5 Å². The lowest BCUT2D eigenvalue weighted by Gasteiger charge is -2.25. The standard InChI is InChI=1S/C80H112O16/c1-9-13-17-21-25-61-45-65-53-67-47-62(26-22-18-14-10-2)49-69(74(67)90-38-42-94-78(86)58(6)30-34-82)55-71-51-64(28-24-20-16-12-4)52-72(76(71)92-40-44-96-80(88)60(8)32-36-84)56-70-50-63(27-23-19-15-11-3)48-68(75(70)91-39-43-95-79(87)59(7)31-35-83)54-66(46-61)73(65)89-37-41-93-77(85)57(5)29-33-81/h45-52,81-84H,5-44,53-56H2,1-4H3. The molecule has 0 radical (unpaired) electrons. The summed E-state index contributed by atoms with van der Waals surface area (Å²) in [4.78, 5) is 52.6. The van der Waals surface area contributed by atoms with Gasteiger partial charge in [-0.25, -0.2) is 19.2 Å². The summed E-state index contributed by atoms with van der Waals surface area (Å²) < 4.78 is 51.0. The average molecular weight is 1330 g/mol. The Balaban J connectivity index is 1.94. The zero-order chi connectivity index (χ0) is 69.5. The Bertz CT molecular complexity index is 2630. The zero-order valence-electron chi connectivity index (χ0n) is 58.4. The van der Waals surface area contributed by atoms with Crippen molar-refractivity contribution >= 4 is 23.9 Å². The molecular weight excluding hydrogens is 1220 g/mol. The highest BCUT2D eigenvalue weighted by atomic mass is 16.6. The highest BCUT2D eigenvalue weighted by Gasteiger charge is 2.26. The summed E-state index contributed by atoms with van der Waals surface area (Å²) in [7, 11) is 0. The first-order valence-electron chi connectivity index (χ1n) is 35.5. The van der Waals surface area contributed by atoms with Gasteiger partial charge in [0.05, 0.1) is 0 Å². The number of unbranched alkanes of at least 4 members (excludes halogenated alkanes) is 12. The molecule has 0 fully saturated rings. The van der Waals surface area contributed by atoms with Crippen LogP contribution in [0.4, 0.5) is 0 Å². The molecule has 0 aromatic heterocycles. The molecule has 0 unspecified atom stereocenters. The summed E-state index contributed by atoms with van der Waals surface area (Å²) in [5.41, 5.74) is 12.1. The monoisotopic (exact) mass is 1330 g/mol. The molecule has 16 nitrogen and oxygen atoms in total. The van der Waals surface area contributed by atoms with Gasteiger partial charge < -0.3 is 58.3 Å². The largest absolute Gasteiger partial charge is 0.489 e. The number of esters is 4. The smallest absolute Gasteiger partial charge is 0.333 e. The predicted octanol–water partition coefficient (Wildman–Crippen LogP) is 14.3. The van der Waals surface area contributed by atoms with E-state index >= 15 is 0 Å². The molecule has 5 rings (SSSR count). The summed E-state index contributed by atoms with van der Waals surface area (Å²) >= 11 is 0. The van der Waals surface area contributed by atoms with Crippen molar-refractivity contribution in [1.82, 2.24) is 0 Å². The lowest BCUT2D eigenvalue weighted by atomic mass is 9.87. The number of ether oxygens (including phenoxy) is 8. The van der Waals surface area contributed by atoms with Gasteiger partial charge in [-0.3, -0.25) is 0 Å². The van der Waals surface area contributed by atoms with Crippen LogP contribution in [0.2, 0.25) is 0 Å². The molecule has 0 amide bonds. The predicted molar refractivity (Wildman–Crippen MR) is 378 cm³/mol. The molecule has 1 aliphatic carbocycles. The van der Waals surface area contributed by atoms with Crippen molar-refractivity contribution in [2.24, 2.45) is 0 Å². The molecule has 96 heavy (non-hydrogen) atoms. The van der Waals surface area contributed by atoms with Crippen molar-refractivity contribution in [3.63, 3.8) is 0 Å². The van der Waals surface area contributed by atoms with Crippen LogP contribution >= 0.6 is 0 Å². The molecule has 4 N–H and O–H groups in total. The topological polar surface area (TPSA) is 223 Å². The van der Waals surface area contributed by atoms with Gasteiger partial charge in [-0.2, -0.15) is 0 Å². The summed E-state index contributed by atoms with van der Waals surface area (Å²) in [6.07, 6.45) is 21.4. The first-order valence-corrected chi connectivity index (χ1v) is 35.5.